The van der Waals surface area contributed by atoms with Gasteiger partial charge in [0.25, 0.3) is 0 Å². The second-order valence-electron chi connectivity index (χ2n) is 5.00. The smallest absolute Gasteiger partial charge is 1.00 e. The Hall–Kier alpha value is -2.00. The van der Waals surface area contributed by atoms with Gasteiger partial charge in [0.05, 0.1) is 25.7 Å². The minimum Gasteiger partial charge on any atom is -1.00 e. The molecule has 152 valence electrons. The average Bonchev–Trinajstić information content (AvgIpc) is 2.34. The van der Waals surface area contributed by atoms with Crippen molar-refractivity contribution >= 4 is 73.6 Å². The first kappa shape index (κ1) is 29.8. The molecule has 0 saturated carbocycles. The fourth-order valence-corrected chi connectivity index (χ4v) is 1.77. The van der Waals surface area contributed by atoms with Gasteiger partial charge in [0.2, 0.25) is 5.60 Å². The molecule has 15 heteroatoms. The molecule has 1 atom stereocenters. The van der Waals surface area contributed by atoms with Crippen molar-refractivity contribution in [1.82, 2.24) is 6.15 Å². The Morgan fingerprint density at radius 1 is 0.704 bits per heavy atom. The van der Waals surface area contributed by atoms with Crippen LogP contribution in [0, 0.1) is 0 Å². The van der Waals surface area contributed by atoms with Crippen molar-refractivity contribution in [2.75, 3.05) is 0 Å². The van der Waals surface area contributed by atoms with Crippen molar-refractivity contribution in [1.29, 1.82) is 0 Å². The zero-order chi connectivity index (χ0) is 20.0. The standard InChI is InChI=1S/C12H14O13.Ca.H3N.2H/c13-5(14)1-11(24,9(20)21)4-8(19)25-12(10(22)23,2-6(15)16)3-7(17)18;;;;/h24H,1-4H2,(H,13,14)(H,15,16)(H,17,18)(H,20,21)(H,22,23);;1H3;;/q;+2;;2*-1. The quantitative estimate of drug-likeness (QED) is 0.139. The zero-order valence-corrected chi connectivity index (χ0v) is 16.0. The van der Waals surface area contributed by atoms with Crippen LogP contribution in [0.1, 0.15) is 28.5 Å². The van der Waals surface area contributed by atoms with Crippen molar-refractivity contribution in [2.24, 2.45) is 0 Å². The van der Waals surface area contributed by atoms with Crippen molar-refractivity contribution in [3.05, 3.63) is 0 Å². The fraction of sp³-hybridized carbons (Fsp3) is 0.500. The number of carboxylic acid groups (broad SMARTS) is 5. The summed E-state index contributed by atoms with van der Waals surface area (Å²) >= 11 is 0. The average molecular weight is 425 g/mol. The van der Waals surface area contributed by atoms with Gasteiger partial charge in [-0.2, -0.15) is 0 Å². The number of hydrogen-bond donors (Lipinski definition) is 7. The molecule has 0 spiro atoms. The van der Waals surface area contributed by atoms with Crippen molar-refractivity contribution in [3.8, 4) is 0 Å². The molecule has 0 aliphatic heterocycles. The third kappa shape index (κ3) is 9.48. The van der Waals surface area contributed by atoms with E-state index in [1.165, 1.54) is 0 Å². The molecular formula is C12H19CaNO13. The van der Waals surface area contributed by atoms with Gasteiger partial charge in [0, 0.05) is 0 Å². The van der Waals surface area contributed by atoms with Gasteiger partial charge < -0.3 is 44.4 Å². The summed E-state index contributed by atoms with van der Waals surface area (Å²) in [5.41, 5.74) is -6.24. The van der Waals surface area contributed by atoms with E-state index in [0.717, 1.165) is 0 Å². The molecular weight excluding hydrogens is 406 g/mol. The van der Waals surface area contributed by atoms with E-state index < -0.39 is 72.7 Å². The van der Waals surface area contributed by atoms with Crippen LogP contribution in [0.25, 0.3) is 0 Å². The summed E-state index contributed by atoms with van der Waals surface area (Å²) in [6, 6.07) is 0. The van der Waals surface area contributed by atoms with Crippen LogP contribution in [0.4, 0.5) is 0 Å². The summed E-state index contributed by atoms with van der Waals surface area (Å²) in [5, 5.41) is 53.5. The third-order valence-electron chi connectivity index (χ3n) is 2.85. The number of aliphatic carboxylic acids is 5. The van der Waals surface area contributed by atoms with Crippen LogP contribution < -0.4 is 6.15 Å². The largest absolute Gasteiger partial charge is 2.00 e. The predicted octanol–water partition coefficient (Wildman–Crippen LogP) is -2.01. The number of carbonyl (C=O) groups excluding carboxylic acids is 1. The second-order valence-corrected chi connectivity index (χ2v) is 5.00. The summed E-state index contributed by atoms with van der Waals surface area (Å²) in [6.07, 6.45) is -5.94. The minimum absolute atomic E-state index is 0. The Morgan fingerprint density at radius 3 is 1.33 bits per heavy atom. The first-order valence-corrected chi connectivity index (χ1v) is 6.30. The van der Waals surface area contributed by atoms with Crippen LogP contribution in [0.2, 0.25) is 0 Å². The minimum atomic E-state index is -3.17. The molecule has 0 aromatic rings. The first-order chi connectivity index (χ1) is 11.2. The van der Waals surface area contributed by atoms with Crippen LogP contribution >= 0.6 is 0 Å². The Morgan fingerprint density at radius 2 is 1.07 bits per heavy atom. The number of rotatable bonds is 11. The van der Waals surface area contributed by atoms with E-state index >= 15 is 0 Å². The molecule has 0 heterocycles. The molecule has 9 N–H and O–H groups in total. The molecule has 27 heavy (non-hydrogen) atoms. The molecule has 0 saturated heterocycles. The summed E-state index contributed by atoms with van der Waals surface area (Å²) in [4.78, 5) is 66.0. The Balaban J connectivity index is -0.000000480. The molecule has 0 aromatic carbocycles. The fourth-order valence-electron chi connectivity index (χ4n) is 1.77. The molecule has 0 aliphatic carbocycles. The van der Waals surface area contributed by atoms with Crippen molar-refractivity contribution < 1.29 is 67.0 Å². The molecule has 0 radical (unpaired) electrons. The van der Waals surface area contributed by atoms with E-state index in [1.807, 2.05) is 0 Å². The summed E-state index contributed by atoms with van der Waals surface area (Å²) in [6.45, 7) is 0. The number of hydrogen-bond acceptors (Lipinski definition) is 9. The topological polar surface area (TPSA) is 268 Å². The normalized spacial score (nSPS) is 12.3. The van der Waals surface area contributed by atoms with Gasteiger partial charge in [0.1, 0.15) is 0 Å². The van der Waals surface area contributed by atoms with E-state index in [2.05, 4.69) is 4.74 Å². The maximum Gasteiger partial charge on any atom is 2.00 e. The number of ether oxygens (including phenoxy) is 1. The molecule has 0 aliphatic rings. The molecule has 1 unspecified atom stereocenters. The number of carboxylic acids is 5. The van der Waals surface area contributed by atoms with Gasteiger partial charge in [-0.25, -0.2) is 9.59 Å². The summed E-state index contributed by atoms with van der Waals surface area (Å²) < 4.78 is 4.33. The van der Waals surface area contributed by atoms with E-state index in [-0.39, 0.29) is 46.7 Å². The van der Waals surface area contributed by atoms with Gasteiger partial charge in [-0.05, 0) is 0 Å². The van der Waals surface area contributed by atoms with Crippen LogP contribution in [0.15, 0.2) is 0 Å². The van der Waals surface area contributed by atoms with E-state index in [0.29, 0.717) is 0 Å². The predicted molar refractivity (Wildman–Crippen MR) is 83.4 cm³/mol. The Kier molecular flexibility index (Phi) is 12.8. The number of carbonyl (C=O) groups is 6. The van der Waals surface area contributed by atoms with E-state index in [1.54, 1.807) is 0 Å². The van der Waals surface area contributed by atoms with Crippen LogP contribution in [0.3, 0.4) is 0 Å². The molecule has 0 fully saturated rings. The molecule has 0 amide bonds. The Bertz CT molecular complexity index is 613. The SMILES string of the molecule is N.O=C(O)CC(O)(CC(=O)OC(CC(=O)O)(CC(=O)O)C(=O)O)C(=O)O.[Ca+2].[H-].[H-]. The molecule has 14 nitrogen and oxygen atoms in total. The van der Waals surface area contributed by atoms with Gasteiger partial charge in [0.15, 0.2) is 5.60 Å². The summed E-state index contributed by atoms with van der Waals surface area (Å²) in [7, 11) is 0. The third-order valence-corrected chi connectivity index (χ3v) is 2.85. The van der Waals surface area contributed by atoms with Crippen molar-refractivity contribution in [2.45, 2.75) is 36.9 Å². The van der Waals surface area contributed by atoms with E-state index in [9.17, 15) is 33.9 Å². The first-order valence-electron chi connectivity index (χ1n) is 6.30. The second kappa shape index (κ2) is 11.7. The molecule has 0 bridgehead atoms. The zero-order valence-electron chi connectivity index (χ0n) is 15.8. The van der Waals surface area contributed by atoms with Crippen molar-refractivity contribution in [3.63, 3.8) is 0 Å². The van der Waals surface area contributed by atoms with Gasteiger partial charge in [-0.15, -0.1) is 0 Å². The van der Waals surface area contributed by atoms with Gasteiger partial charge in [-0.3, -0.25) is 19.2 Å². The van der Waals surface area contributed by atoms with Gasteiger partial charge in [-0.1, -0.05) is 0 Å². The van der Waals surface area contributed by atoms with Crippen LogP contribution in [0.5, 0.6) is 0 Å². The number of esters is 1. The maximum absolute atomic E-state index is 11.7. The monoisotopic (exact) mass is 425 g/mol. The molecule has 0 aromatic heterocycles. The van der Waals surface area contributed by atoms with Crippen LogP contribution in [-0.2, 0) is 33.5 Å². The van der Waals surface area contributed by atoms with Crippen LogP contribution in [-0.4, -0.2) is 115 Å². The van der Waals surface area contributed by atoms with E-state index in [4.69, 9.17) is 25.5 Å². The summed E-state index contributed by atoms with van der Waals surface area (Å²) in [5.74, 6) is -11.6. The maximum atomic E-state index is 11.7. The van der Waals surface area contributed by atoms with Gasteiger partial charge >= 0.3 is 73.6 Å². The number of aliphatic hydroxyl groups is 1. The Labute approximate surface area is 183 Å². The molecule has 0 rings (SSSR count).